The minimum Gasteiger partial charge on any atom is -0.382 e. The van der Waals surface area contributed by atoms with E-state index in [0.29, 0.717) is 6.54 Å². The van der Waals surface area contributed by atoms with Crippen molar-refractivity contribution < 1.29 is 4.79 Å². The molecule has 2 aromatic heterocycles. The van der Waals surface area contributed by atoms with Crippen molar-refractivity contribution in [3.8, 4) is 0 Å². The first-order valence-electron chi connectivity index (χ1n) is 6.12. The number of anilines is 1. The number of nitrogens with zero attached hydrogens (tertiary/aromatic N) is 3. The van der Waals surface area contributed by atoms with Crippen molar-refractivity contribution in [2.45, 2.75) is 6.04 Å². The lowest BCUT2D eigenvalue weighted by molar-refractivity contribution is 0.0937. The lowest BCUT2D eigenvalue weighted by Gasteiger charge is -2.23. The fourth-order valence-corrected chi connectivity index (χ4v) is 2.57. The average Bonchev–Trinajstić information content (AvgIpc) is 2.92. The minimum atomic E-state index is -0.308. The van der Waals surface area contributed by atoms with Gasteiger partial charge in [0.2, 0.25) is 0 Å². The number of hydrogen-bond donors (Lipinski definition) is 2. The molecule has 0 radical (unpaired) electrons. The molecule has 2 aromatic rings. The van der Waals surface area contributed by atoms with Crippen LogP contribution >= 0.6 is 11.3 Å². The summed E-state index contributed by atoms with van der Waals surface area (Å²) < 4.78 is 0. The van der Waals surface area contributed by atoms with Gasteiger partial charge in [0.05, 0.1) is 6.04 Å². The lowest BCUT2D eigenvalue weighted by atomic mass is 10.1. The lowest BCUT2D eigenvalue weighted by Crippen LogP contribution is -2.35. The Morgan fingerprint density at radius 3 is 2.80 bits per heavy atom. The van der Waals surface area contributed by atoms with Gasteiger partial charge >= 0.3 is 0 Å². The van der Waals surface area contributed by atoms with Gasteiger partial charge in [0.1, 0.15) is 0 Å². The van der Waals surface area contributed by atoms with Gasteiger partial charge < -0.3 is 16.0 Å². The van der Waals surface area contributed by atoms with Crippen molar-refractivity contribution >= 4 is 23.1 Å². The molecule has 0 unspecified atom stereocenters. The summed E-state index contributed by atoms with van der Waals surface area (Å²) in [6.07, 6.45) is 2.91. The third kappa shape index (κ3) is 3.31. The molecule has 2 heterocycles. The van der Waals surface area contributed by atoms with Crippen molar-refractivity contribution in [2.75, 3.05) is 26.4 Å². The Labute approximate surface area is 121 Å². The predicted octanol–water partition coefficient (Wildman–Crippen LogP) is 1.15. The number of carbonyl (C=O) groups is 1. The van der Waals surface area contributed by atoms with Gasteiger partial charge in [-0.3, -0.25) is 4.79 Å². The molecule has 0 saturated heterocycles. The van der Waals surface area contributed by atoms with Gasteiger partial charge in [-0.25, -0.2) is 9.97 Å². The Kier molecular flexibility index (Phi) is 4.65. The highest BCUT2D eigenvalue weighted by Gasteiger charge is 2.18. The molecule has 7 heteroatoms. The van der Waals surface area contributed by atoms with Crippen molar-refractivity contribution in [3.05, 3.63) is 40.5 Å². The molecule has 0 fully saturated rings. The van der Waals surface area contributed by atoms with Crippen LogP contribution in [0.4, 0.5) is 5.82 Å². The van der Waals surface area contributed by atoms with Gasteiger partial charge in [-0.15, -0.1) is 0 Å². The minimum absolute atomic E-state index is 0.114. The van der Waals surface area contributed by atoms with E-state index >= 15 is 0 Å². The van der Waals surface area contributed by atoms with Crippen LogP contribution in [0.15, 0.2) is 29.2 Å². The maximum absolute atomic E-state index is 12.1. The van der Waals surface area contributed by atoms with Gasteiger partial charge in [0, 0.05) is 18.9 Å². The SMILES string of the molecule is CN(C)[C@@H](CNC(=O)c1nccnc1N)c1ccsc1. The van der Waals surface area contributed by atoms with E-state index in [2.05, 4.69) is 31.6 Å². The number of aromatic nitrogens is 2. The van der Waals surface area contributed by atoms with E-state index in [0.717, 1.165) is 0 Å². The Balaban J connectivity index is 2.03. The summed E-state index contributed by atoms with van der Waals surface area (Å²) in [6, 6.07) is 2.17. The highest BCUT2D eigenvalue weighted by atomic mass is 32.1. The van der Waals surface area contributed by atoms with Crippen LogP contribution in [0, 0.1) is 0 Å². The highest BCUT2D eigenvalue weighted by molar-refractivity contribution is 7.07. The predicted molar refractivity (Wildman–Crippen MR) is 79.5 cm³/mol. The molecule has 0 aromatic carbocycles. The maximum atomic E-state index is 12.1. The topological polar surface area (TPSA) is 84.1 Å². The van der Waals surface area contributed by atoms with Crippen LogP contribution in [0.3, 0.4) is 0 Å². The third-order valence-corrected chi connectivity index (χ3v) is 3.65. The normalized spacial score (nSPS) is 12.3. The van der Waals surface area contributed by atoms with Crippen LogP contribution < -0.4 is 11.1 Å². The van der Waals surface area contributed by atoms with E-state index in [1.807, 2.05) is 19.5 Å². The summed E-state index contributed by atoms with van der Waals surface area (Å²) in [7, 11) is 3.95. The van der Waals surface area contributed by atoms with E-state index in [9.17, 15) is 4.79 Å². The third-order valence-electron chi connectivity index (χ3n) is 2.95. The highest BCUT2D eigenvalue weighted by Crippen LogP contribution is 2.20. The summed E-state index contributed by atoms with van der Waals surface area (Å²) in [4.78, 5) is 21.9. The van der Waals surface area contributed by atoms with Crippen molar-refractivity contribution in [3.63, 3.8) is 0 Å². The zero-order valence-electron chi connectivity index (χ0n) is 11.4. The number of nitrogens with one attached hydrogen (secondary N) is 1. The first-order valence-corrected chi connectivity index (χ1v) is 7.07. The molecule has 0 spiro atoms. The Hall–Kier alpha value is -1.99. The van der Waals surface area contributed by atoms with Crippen LogP contribution in [-0.2, 0) is 0 Å². The van der Waals surface area contributed by atoms with Crippen LogP contribution in [-0.4, -0.2) is 41.4 Å². The van der Waals surface area contributed by atoms with Crippen molar-refractivity contribution in [2.24, 2.45) is 0 Å². The van der Waals surface area contributed by atoms with Gasteiger partial charge in [0.25, 0.3) is 5.91 Å². The second-order valence-electron chi connectivity index (χ2n) is 4.54. The Morgan fingerprint density at radius 1 is 1.45 bits per heavy atom. The first kappa shape index (κ1) is 14.4. The molecule has 0 saturated carbocycles. The molecule has 6 nitrogen and oxygen atoms in total. The van der Waals surface area contributed by atoms with Gasteiger partial charge in [0.15, 0.2) is 11.5 Å². The zero-order chi connectivity index (χ0) is 14.5. The summed E-state index contributed by atoms with van der Waals surface area (Å²) >= 11 is 1.64. The molecular formula is C13H17N5OS. The van der Waals surface area contributed by atoms with Crippen LogP contribution in [0.2, 0.25) is 0 Å². The maximum Gasteiger partial charge on any atom is 0.273 e. The number of rotatable bonds is 5. The Morgan fingerprint density at radius 2 is 2.20 bits per heavy atom. The summed E-state index contributed by atoms with van der Waals surface area (Å²) in [5, 5.41) is 6.95. The molecule has 1 amide bonds. The molecule has 0 aliphatic rings. The average molecular weight is 291 g/mol. The van der Waals surface area contributed by atoms with Gasteiger partial charge in [-0.2, -0.15) is 11.3 Å². The molecule has 0 aliphatic carbocycles. The Bertz CT molecular complexity index is 570. The monoisotopic (exact) mass is 291 g/mol. The van der Waals surface area contributed by atoms with Crippen molar-refractivity contribution in [1.82, 2.24) is 20.2 Å². The number of amides is 1. The molecule has 0 bridgehead atoms. The number of hydrogen-bond acceptors (Lipinski definition) is 6. The number of nitrogens with two attached hydrogens (primary N) is 1. The summed E-state index contributed by atoms with van der Waals surface area (Å²) in [5.41, 5.74) is 6.97. The number of carbonyl (C=O) groups excluding carboxylic acids is 1. The fraction of sp³-hybridized carbons (Fsp3) is 0.308. The molecule has 3 N–H and O–H groups in total. The molecule has 106 valence electrons. The number of thiophene rings is 1. The van der Waals surface area contributed by atoms with Gasteiger partial charge in [-0.05, 0) is 36.5 Å². The zero-order valence-corrected chi connectivity index (χ0v) is 12.2. The van der Waals surface area contributed by atoms with E-state index in [1.54, 1.807) is 11.3 Å². The quantitative estimate of drug-likeness (QED) is 0.863. The van der Waals surface area contributed by atoms with Crippen LogP contribution in [0.5, 0.6) is 0 Å². The molecule has 2 rings (SSSR count). The van der Waals surface area contributed by atoms with E-state index in [4.69, 9.17) is 5.73 Å². The van der Waals surface area contributed by atoms with Crippen LogP contribution in [0.25, 0.3) is 0 Å². The van der Waals surface area contributed by atoms with Gasteiger partial charge in [-0.1, -0.05) is 0 Å². The number of nitrogen functional groups attached to an aromatic ring is 1. The standard InChI is InChI=1S/C13H17N5OS/c1-18(2)10(9-3-6-20-8-9)7-17-13(19)11-12(14)16-5-4-15-11/h3-6,8,10H,7H2,1-2H3,(H2,14,16)(H,17,19)/t10-/m0/s1. The fourth-order valence-electron chi connectivity index (χ4n) is 1.86. The second-order valence-corrected chi connectivity index (χ2v) is 5.32. The smallest absolute Gasteiger partial charge is 0.273 e. The van der Waals surface area contributed by atoms with E-state index in [-0.39, 0.29) is 23.5 Å². The summed E-state index contributed by atoms with van der Waals surface area (Å²) in [6.45, 7) is 0.485. The molecule has 1 atom stereocenters. The molecular weight excluding hydrogens is 274 g/mol. The van der Waals surface area contributed by atoms with Crippen LogP contribution in [0.1, 0.15) is 22.1 Å². The summed E-state index contributed by atoms with van der Waals surface area (Å²) in [5.74, 6) is -0.167. The molecule has 0 aliphatic heterocycles. The largest absolute Gasteiger partial charge is 0.382 e. The van der Waals surface area contributed by atoms with E-state index < -0.39 is 0 Å². The number of likely N-dealkylation sites (N-methyl/N-ethyl adjacent to an activating group) is 1. The van der Waals surface area contributed by atoms with E-state index in [1.165, 1.54) is 18.0 Å². The molecule has 20 heavy (non-hydrogen) atoms. The first-order chi connectivity index (χ1) is 9.59. The second kappa shape index (κ2) is 6.44. The van der Waals surface area contributed by atoms with Crippen molar-refractivity contribution in [1.29, 1.82) is 0 Å².